The summed E-state index contributed by atoms with van der Waals surface area (Å²) >= 11 is 0. The van der Waals surface area contributed by atoms with Crippen LogP contribution in [-0.4, -0.2) is 30.0 Å². The first-order valence-corrected chi connectivity index (χ1v) is 6.04. The van der Waals surface area contributed by atoms with Gasteiger partial charge in [-0.1, -0.05) is 20.8 Å². The number of hydrogen-bond donors (Lipinski definition) is 1. The number of nitrogens with zero attached hydrogens (tertiary/aromatic N) is 2. The summed E-state index contributed by atoms with van der Waals surface area (Å²) < 4.78 is 12.7. The standard InChI is InChI=1S/C13H18FN3O/c1-13(2,3)12(18)16-10-7-17(8-10)11-5-4-9(14)6-15-11/h4-6,10H,7-8H2,1-3H3,(H,16,18). The second kappa shape index (κ2) is 4.55. The lowest BCUT2D eigenvalue weighted by atomic mass is 9.94. The van der Waals surface area contributed by atoms with E-state index in [1.54, 1.807) is 6.07 Å². The molecule has 0 bridgehead atoms. The maximum atomic E-state index is 12.7. The molecule has 1 fully saturated rings. The van der Waals surface area contributed by atoms with Gasteiger partial charge in [0.05, 0.1) is 12.2 Å². The first-order chi connectivity index (χ1) is 8.36. The van der Waals surface area contributed by atoms with Crippen LogP contribution in [-0.2, 0) is 4.79 Å². The van der Waals surface area contributed by atoms with Gasteiger partial charge in [0, 0.05) is 18.5 Å². The number of anilines is 1. The second-order valence-electron chi connectivity index (χ2n) is 5.66. The van der Waals surface area contributed by atoms with Crippen LogP contribution in [0.5, 0.6) is 0 Å². The smallest absolute Gasteiger partial charge is 0.225 e. The number of hydrogen-bond acceptors (Lipinski definition) is 3. The van der Waals surface area contributed by atoms with Gasteiger partial charge in [0.15, 0.2) is 0 Å². The summed E-state index contributed by atoms with van der Waals surface area (Å²) in [5.74, 6) is 0.466. The summed E-state index contributed by atoms with van der Waals surface area (Å²) in [5.41, 5.74) is -0.367. The van der Waals surface area contributed by atoms with Crippen LogP contribution in [0.2, 0.25) is 0 Å². The molecule has 1 saturated heterocycles. The van der Waals surface area contributed by atoms with Gasteiger partial charge in [-0.3, -0.25) is 4.79 Å². The van der Waals surface area contributed by atoms with Crippen molar-refractivity contribution in [2.75, 3.05) is 18.0 Å². The normalized spacial score (nSPS) is 16.3. The van der Waals surface area contributed by atoms with Gasteiger partial charge in [-0.2, -0.15) is 0 Å². The highest BCUT2D eigenvalue weighted by Gasteiger charge is 2.32. The number of carbonyl (C=O) groups is 1. The molecule has 18 heavy (non-hydrogen) atoms. The number of halogens is 1. The van der Waals surface area contributed by atoms with Gasteiger partial charge < -0.3 is 10.2 Å². The fourth-order valence-electron chi connectivity index (χ4n) is 1.71. The van der Waals surface area contributed by atoms with Crippen LogP contribution in [0, 0.1) is 11.2 Å². The Morgan fingerprint density at radius 2 is 2.11 bits per heavy atom. The van der Waals surface area contributed by atoms with Gasteiger partial charge in [-0.25, -0.2) is 9.37 Å². The lowest BCUT2D eigenvalue weighted by Gasteiger charge is -2.41. The average Bonchev–Trinajstić information content (AvgIpc) is 2.23. The number of aromatic nitrogens is 1. The fraction of sp³-hybridized carbons (Fsp3) is 0.538. The van der Waals surface area contributed by atoms with Crippen LogP contribution in [0.3, 0.4) is 0 Å². The summed E-state index contributed by atoms with van der Waals surface area (Å²) in [5, 5.41) is 2.98. The van der Waals surface area contributed by atoms with Crippen LogP contribution in [0.1, 0.15) is 20.8 Å². The Hall–Kier alpha value is -1.65. The Balaban J connectivity index is 1.84. The van der Waals surface area contributed by atoms with E-state index in [-0.39, 0.29) is 23.2 Å². The van der Waals surface area contributed by atoms with Crippen LogP contribution in [0.15, 0.2) is 18.3 Å². The monoisotopic (exact) mass is 251 g/mol. The first kappa shape index (κ1) is 12.8. The molecule has 1 amide bonds. The molecule has 0 saturated carbocycles. The Morgan fingerprint density at radius 1 is 1.44 bits per heavy atom. The van der Waals surface area contributed by atoms with E-state index in [4.69, 9.17) is 0 Å². The molecule has 0 aliphatic carbocycles. The number of rotatable bonds is 2. The summed E-state index contributed by atoms with van der Waals surface area (Å²) in [6.07, 6.45) is 1.20. The largest absolute Gasteiger partial charge is 0.352 e. The molecule has 98 valence electrons. The molecule has 1 N–H and O–H groups in total. The van der Waals surface area contributed by atoms with Crippen molar-refractivity contribution in [1.82, 2.24) is 10.3 Å². The molecule has 0 unspecified atom stereocenters. The highest BCUT2D eigenvalue weighted by molar-refractivity contribution is 5.82. The zero-order valence-electron chi connectivity index (χ0n) is 10.9. The maximum Gasteiger partial charge on any atom is 0.225 e. The van der Waals surface area contributed by atoms with E-state index in [1.165, 1.54) is 12.3 Å². The highest BCUT2D eigenvalue weighted by atomic mass is 19.1. The van der Waals surface area contributed by atoms with Gasteiger partial charge in [0.2, 0.25) is 5.91 Å². The molecule has 0 aromatic carbocycles. The number of pyridine rings is 1. The van der Waals surface area contributed by atoms with Crippen molar-refractivity contribution in [3.63, 3.8) is 0 Å². The fourth-order valence-corrected chi connectivity index (χ4v) is 1.71. The Morgan fingerprint density at radius 3 is 2.61 bits per heavy atom. The van der Waals surface area contributed by atoms with Crippen molar-refractivity contribution < 1.29 is 9.18 Å². The zero-order chi connectivity index (χ0) is 13.3. The number of carbonyl (C=O) groups excluding carboxylic acids is 1. The predicted octanol–water partition coefficient (Wildman–Crippen LogP) is 1.57. The van der Waals surface area contributed by atoms with Crippen molar-refractivity contribution in [3.05, 3.63) is 24.1 Å². The maximum absolute atomic E-state index is 12.7. The lowest BCUT2D eigenvalue weighted by Crippen LogP contribution is -2.61. The van der Waals surface area contributed by atoms with Gasteiger partial charge >= 0.3 is 0 Å². The van der Waals surface area contributed by atoms with E-state index >= 15 is 0 Å². The minimum atomic E-state index is -0.367. The van der Waals surface area contributed by atoms with Gasteiger partial charge in [-0.05, 0) is 12.1 Å². The third-order valence-corrected chi connectivity index (χ3v) is 2.93. The van der Waals surface area contributed by atoms with Crippen LogP contribution in [0.4, 0.5) is 10.2 Å². The van der Waals surface area contributed by atoms with Crippen molar-refractivity contribution in [3.8, 4) is 0 Å². The summed E-state index contributed by atoms with van der Waals surface area (Å²) in [7, 11) is 0. The van der Waals surface area contributed by atoms with Gasteiger partial charge in [-0.15, -0.1) is 0 Å². The molecule has 5 heteroatoms. The molecule has 4 nitrogen and oxygen atoms in total. The molecule has 2 heterocycles. The van der Waals surface area contributed by atoms with E-state index in [9.17, 15) is 9.18 Å². The molecule has 0 atom stereocenters. The molecule has 1 aliphatic heterocycles. The number of amides is 1. The molecule has 1 aliphatic rings. The minimum Gasteiger partial charge on any atom is -0.352 e. The van der Waals surface area contributed by atoms with Gasteiger partial charge in [0.25, 0.3) is 0 Å². The highest BCUT2D eigenvalue weighted by Crippen LogP contribution is 2.20. The molecule has 1 aromatic heterocycles. The summed E-state index contributed by atoms with van der Waals surface area (Å²) in [6.45, 7) is 7.11. The van der Waals surface area contributed by atoms with E-state index in [0.717, 1.165) is 18.9 Å². The minimum absolute atomic E-state index is 0.0548. The summed E-state index contributed by atoms with van der Waals surface area (Å²) in [4.78, 5) is 17.8. The SMILES string of the molecule is CC(C)(C)C(=O)NC1CN(c2ccc(F)cn2)C1. The number of nitrogens with one attached hydrogen (secondary N) is 1. The van der Waals surface area contributed by atoms with E-state index in [0.29, 0.717) is 0 Å². The van der Waals surface area contributed by atoms with Crippen molar-refractivity contribution in [1.29, 1.82) is 0 Å². The Bertz CT molecular complexity index is 433. The molecule has 1 aromatic rings. The predicted molar refractivity (Wildman–Crippen MR) is 67.8 cm³/mol. The van der Waals surface area contributed by atoms with E-state index < -0.39 is 0 Å². The lowest BCUT2D eigenvalue weighted by molar-refractivity contribution is -0.129. The molecular formula is C13H18FN3O. The van der Waals surface area contributed by atoms with Crippen molar-refractivity contribution >= 4 is 11.7 Å². The Kier molecular flexibility index (Phi) is 3.24. The van der Waals surface area contributed by atoms with Crippen LogP contribution < -0.4 is 10.2 Å². The van der Waals surface area contributed by atoms with E-state index in [2.05, 4.69) is 10.3 Å². The zero-order valence-corrected chi connectivity index (χ0v) is 10.9. The summed E-state index contributed by atoms with van der Waals surface area (Å²) in [6, 6.07) is 3.20. The van der Waals surface area contributed by atoms with Crippen molar-refractivity contribution in [2.45, 2.75) is 26.8 Å². The van der Waals surface area contributed by atoms with E-state index in [1.807, 2.05) is 25.7 Å². The molecule has 0 spiro atoms. The molecule has 2 rings (SSSR count). The third-order valence-electron chi connectivity index (χ3n) is 2.93. The first-order valence-electron chi connectivity index (χ1n) is 6.04. The Labute approximate surface area is 106 Å². The van der Waals surface area contributed by atoms with Crippen LogP contribution >= 0.6 is 0 Å². The van der Waals surface area contributed by atoms with Crippen molar-refractivity contribution in [2.24, 2.45) is 5.41 Å². The van der Waals surface area contributed by atoms with Gasteiger partial charge in [0.1, 0.15) is 11.6 Å². The quantitative estimate of drug-likeness (QED) is 0.868. The third kappa shape index (κ3) is 2.78. The average molecular weight is 251 g/mol. The second-order valence-corrected chi connectivity index (χ2v) is 5.66. The van der Waals surface area contributed by atoms with Crippen LogP contribution in [0.25, 0.3) is 0 Å². The molecule has 0 radical (unpaired) electrons. The molecular weight excluding hydrogens is 233 g/mol. The topological polar surface area (TPSA) is 45.2 Å².